The van der Waals surface area contributed by atoms with Crippen molar-refractivity contribution in [1.82, 2.24) is 5.32 Å². The third-order valence-electron chi connectivity index (χ3n) is 1.72. The van der Waals surface area contributed by atoms with Crippen LogP contribution in [0, 0.1) is 3.57 Å². The molecule has 0 fully saturated rings. The number of carbonyl (C=O) groups excluding carboxylic acids is 2. The Bertz CT molecular complexity index is 395. The van der Waals surface area contributed by atoms with E-state index < -0.39 is 6.09 Å². The normalized spacial score (nSPS) is 9.56. The smallest absolute Gasteiger partial charge is 0.404 e. The van der Waals surface area contributed by atoms with Crippen LogP contribution in [0.1, 0.15) is 10.4 Å². The summed E-state index contributed by atoms with van der Waals surface area (Å²) in [4.78, 5) is 21.8. The predicted octanol–water partition coefficient (Wildman–Crippen LogP) is 1.12. The molecule has 2 amide bonds. The number of primary amides is 1. The van der Waals surface area contributed by atoms with Gasteiger partial charge in [-0.25, -0.2) is 4.79 Å². The zero-order valence-corrected chi connectivity index (χ0v) is 10.6. The Morgan fingerprint density at radius 1 is 1.44 bits per heavy atom. The van der Waals surface area contributed by atoms with Crippen molar-refractivity contribution in [2.45, 2.75) is 0 Å². The highest BCUT2D eigenvalue weighted by atomic mass is 127. The monoisotopic (exact) mass is 334 g/mol. The van der Waals surface area contributed by atoms with Crippen LogP contribution in [0.4, 0.5) is 4.79 Å². The molecular formula is C10H11IN2O3. The highest BCUT2D eigenvalue weighted by Crippen LogP contribution is 2.07. The van der Waals surface area contributed by atoms with E-state index in [4.69, 9.17) is 5.73 Å². The molecule has 0 unspecified atom stereocenters. The first-order chi connectivity index (χ1) is 7.59. The molecule has 0 atom stereocenters. The van der Waals surface area contributed by atoms with Crippen molar-refractivity contribution in [2.24, 2.45) is 5.73 Å². The number of hydrogen-bond acceptors (Lipinski definition) is 3. The van der Waals surface area contributed by atoms with Gasteiger partial charge in [-0.15, -0.1) is 0 Å². The van der Waals surface area contributed by atoms with Crippen molar-refractivity contribution in [3.05, 3.63) is 33.4 Å². The Morgan fingerprint density at radius 3 is 2.81 bits per heavy atom. The van der Waals surface area contributed by atoms with Gasteiger partial charge in [0.05, 0.1) is 6.54 Å². The second-order valence-electron chi connectivity index (χ2n) is 2.93. The lowest BCUT2D eigenvalue weighted by Crippen LogP contribution is -2.29. The summed E-state index contributed by atoms with van der Waals surface area (Å²) >= 11 is 2.13. The van der Waals surface area contributed by atoms with Gasteiger partial charge < -0.3 is 15.8 Å². The molecule has 0 spiro atoms. The summed E-state index contributed by atoms with van der Waals surface area (Å²) in [5.74, 6) is -0.202. The molecule has 1 rings (SSSR count). The molecule has 0 heterocycles. The fourth-order valence-corrected chi connectivity index (χ4v) is 1.59. The largest absolute Gasteiger partial charge is 0.448 e. The van der Waals surface area contributed by atoms with E-state index in [-0.39, 0.29) is 19.1 Å². The first-order valence-electron chi connectivity index (χ1n) is 4.55. The Kier molecular flexibility index (Phi) is 5.03. The maximum atomic E-state index is 11.6. The van der Waals surface area contributed by atoms with Gasteiger partial charge in [-0.2, -0.15) is 0 Å². The summed E-state index contributed by atoms with van der Waals surface area (Å²) in [6.45, 7) is 0.318. The number of hydrogen-bond donors (Lipinski definition) is 2. The van der Waals surface area contributed by atoms with Crippen LogP contribution in [0.5, 0.6) is 0 Å². The van der Waals surface area contributed by atoms with Crippen molar-refractivity contribution in [1.29, 1.82) is 0 Å². The first-order valence-corrected chi connectivity index (χ1v) is 5.63. The SMILES string of the molecule is NC(=O)OCCNC(=O)c1cccc(I)c1. The van der Waals surface area contributed by atoms with Crippen LogP contribution in [-0.2, 0) is 4.74 Å². The van der Waals surface area contributed by atoms with Crippen LogP contribution < -0.4 is 11.1 Å². The van der Waals surface area contributed by atoms with Gasteiger partial charge in [0.15, 0.2) is 0 Å². The molecule has 1 aromatic rings. The van der Waals surface area contributed by atoms with Crippen molar-refractivity contribution in [3.63, 3.8) is 0 Å². The van der Waals surface area contributed by atoms with Gasteiger partial charge in [-0.1, -0.05) is 6.07 Å². The van der Waals surface area contributed by atoms with Gasteiger partial charge in [0, 0.05) is 9.13 Å². The number of amides is 2. The summed E-state index contributed by atoms with van der Waals surface area (Å²) in [7, 11) is 0. The lowest BCUT2D eigenvalue weighted by Gasteiger charge is -2.05. The standard InChI is InChI=1S/C10H11IN2O3/c11-8-3-1-2-7(6-8)9(14)13-4-5-16-10(12)15/h1-3,6H,4-5H2,(H2,12,15)(H,13,14). The second kappa shape index (κ2) is 6.31. The highest BCUT2D eigenvalue weighted by Gasteiger charge is 2.04. The van der Waals surface area contributed by atoms with Gasteiger partial charge in [-0.05, 0) is 40.8 Å². The third kappa shape index (κ3) is 4.47. The molecule has 1 aromatic carbocycles. The van der Waals surface area contributed by atoms with Crippen LogP contribution in [0.25, 0.3) is 0 Å². The first kappa shape index (κ1) is 12.8. The van der Waals surface area contributed by atoms with Gasteiger partial charge in [-0.3, -0.25) is 4.79 Å². The minimum atomic E-state index is -0.844. The van der Waals surface area contributed by atoms with Crippen molar-refractivity contribution < 1.29 is 14.3 Å². The number of nitrogens with one attached hydrogen (secondary N) is 1. The van der Waals surface area contributed by atoms with Crippen LogP contribution >= 0.6 is 22.6 Å². The molecule has 86 valence electrons. The fraction of sp³-hybridized carbons (Fsp3) is 0.200. The molecule has 0 aromatic heterocycles. The van der Waals surface area contributed by atoms with Gasteiger partial charge >= 0.3 is 6.09 Å². The minimum absolute atomic E-state index is 0.0744. The van der Waals surface area contributed by atoms with Crippen LogP contribution in [0.15, 0.2) is 24.3 Å². The zero-order chi connectivity index (χ0) is 12.0. The molecule has 6 heteroatoms. The van der Waals surface area contributed by atoms with Gasteiger partial charge in [0.1, 0.15) is 6.61 Å². The fourth-order valence-electron chi connectivity index (χ4n) is 1.05. The summed E-state index contributed by atoms with van der Waals surface area (Å²) in [6, 6.07) is 7.18. The number of halogens is 1. The number of rotatable bonds is 4. The zero-order valence-electron chi connectivity index (χ0n) is 8.40. The lowest BCUT2D eigenvalue weighted by molar-refractivity contribution is 0.0937. The average molecular weight is 334 g/mol. The quantitative estimate of drug-likeness (QED) is 0.639. The Labute approximate surface area is 106 Å². The topological polar surface area (TPSA) is 81.4 Å². The maximum Gasteiger partial charge on any atom is 0.404 e. The Morgan fingerprint density at radius 2 is 2.19 bits per heavy atom. The van der Waals surface area contributed by atoms with E-state index in [1.54, 1.807) is 18.2 Å². The van der Waals surface area contributed by atoms with Gasteiger partial charge in [0.2, 0.25) is 0 Å². The molecule has 0 saturated carbocycles. The van der Waals surface area contributed by atoms with E-state index in [1.165, 1.54) is 0 Å². The molecule has 16 heavy (non-hydrogen) atoms. The van der Waals surface area contributed by atoms with E-state index in [1.807, 2.05) is 6.07 Å². The molecule has 5 nitrogen and oxygen atoms in total. The van der Waals surface area contributed by atoms with E-state index in [9.17, 15) is 9.59 Å². The molecular weight excluding hydrogens is 323 g/mol. The summed E-state index contributed by atoms with van der Waals surface area (Å²) < 4.78 is 5.46. The predicted molar refractivity (Wildman–Crippen MR) is 67.0 cm³/mol. The van der Waals surface area contributed by atoms with Crippen molar-refractivity contribution >= 4 is 34.6 Å². The number of benzene rings is 1. The van der Waals surface area contributed by atoms with Crippen molar-refractivity contribution in [2.75, 3.05) is 13.2 Å². The molecule has 0 aliphatic carbocycles. The minimum Gasteiger partial charge on any atom is -0.448 e. The highest BCUT2D eigenvalue weighted by molar-refractivity contribution is 14.1. The summed E-state index contributed by atoms with van der Waals surface area (Å²) in [5.41, 5.74) is 5.34. The van der Waals surface area contributed by atoms with E-state index in [2.05, 4.69) is 32.6 Å². The summed E-state index contributed by atoms with van der Waals surface area (Å²) in [6.07, 6.45) is -0.844. The average Bonchev–Trinajstić information content (AvgIpc) is 2.24. The number of ether oxygens (including phenoxy) is 1. The molecule has 3 N–H and O–H groups in total. The molecule has 0 bridgehead atoms. The van der Waals surface area contributed by atoms with Crippen LogP contribution in [0.2, 0.25) is 0 Å². The number of nitrogens with two attached hydrogens (primary N) is 1. The van der Waals surface area contributed by atoms with Gasteiger partial charge in [0.25, 0.3) is 5.91 Å². The molecule has 0 radical (unpaired) electrons. The molecule has 0 aliphatic heterocycles. The Hall–Kier alpha value is -1.31. The maximum absolute atomic E-state index is 11.6. The third-order valence-corrected chi connectivity index (χ3v) is 2.39. The molecule has 0 aliphatic rings. The lowest BCUT2D eigenvalue weighted by atomic mass is 10.2. The molecule has 0 saturated heterocycles. The second-order valence-corrected chi connectivity index (χ2v) is 4.18. The van der Waals surface area contributed by atoms with E-state index in [0.717, 1.165) is 3.57 Å². The van der Waals surface area contributed by atoms with E-state index >= 15 is 0 Å². The van der Waals surface area contributed by atoms with Crippen molar-refractivity contribution in [3.8, 4) is 0 Å². The van der Waals surface area contributed by atoms with Crippen LogP contribution in [-0.4, -0.2) is 25.2 Å². The summed E-state index contributed by atoms with van der Waals surface area (Å²) in [5, 5.41) is 2.61. The Balaban J connectivity index is 2.38. The van der Waals surface area contributed by atoms with E-state index in [0.29, 0.717) is 5.56 Å². The van der Waals surface area contributed by atoms with Crippen LogP contribution in [0.3, 0.4) is 0 Å². The number of carbonyl (C=O) groups is 2.